The fraction of sp³-hybridized carbons (Fsp3) is 0.867. The molecule has 0 aromatic carbocycles. The predicted octanol–water partition coefficient (Wildman–Crippen LogP) is 1.55. The van der Waals surface area contributed by atoms with Gasteiger partial charge in [-0.1, -0.05) is 20.8 Å². The lowest BCUT2D eigenvalue weighted by molar-refractivity contribution is -0.135. The first-order chi connectivity index (χ1) is 9.43. The van der Waals surface area contributed by atoms with Gasteiger partial charge in [0.1, 0.15) is 0 Å². The zero-order valence-corrected chi connectivity index (χ0v) is 14.2. The standard InChI is InChI=1S/C15H29N3O2.ClH/c1-11(2)8-14(19)17-6-4-15(20)18-7-5-12(3)9-13(18)10-16;/h11-13H,4-10,16H2,1-3H3,(H,17,19);1H. The van der Waals surface area contributed by atoms with E-state index in [1.165, 1.54) is 0 Å². The second-order valence-electron chi connectivity index (χ2n) is 6.30. The van der Waals surface area contributed by atoms with Gasteiger partial charge in [0.2, 0.25) is 11.8 Å². The third kappa shape index (κ3) is 7.14. The lowest BCUT2D eigenvalue weighted by Crippen LogP contribution is -2.49. The van der Waals surface area contributed by atoms with Crippen LogP contribution in [0.2, 0.25) is 0 Å². The first kappa shape index (κ1) is 20.2. The van der Waals surface area contributed by atoms with E-state index in [9.17, 15) is 9.59 Å². The molecule has 124 valence electrons. The number of likely N-dealkylation sites (tertiary alicyclic amines) is 1. The summed E-state index contributed by atoms with van der Waals surface area (Å²) in [6, 6.07) is 0.164. The zero-order chi connectivity index (χ0) is 15.1. The number of nitrogens with zero attached hydrogens (tertiary/aromatic N) is 1. The Morgan fingerprint density at radius 3 is 2.62 bits per heavy atom. The Morgan fingerprint density at radius 2 is 2.05 bits per heavy atom. The van der Waals surface area contributed by atoms with Crippen LogP contribution in [0.1, 0.15) is 46.5 Å². The van der Waals surface area contributed by atoms with Gasteiger partial charge < -0.3 is 16.0 Å². The predicted molar refractivity (Wildman–Crippen MR) is 87.3 cm³/mol. The maximum atomic E-state index is 12.2. The van der Waals surface area contributed by atoms with Crippen molar-refractivity contribution in [2.24, 2.45) is 17.6 Å². The summed E-state index contributed by atoms with van der Waals surface area (Å²) >= 11 is 0. The summed E-state index contributed by atoms with van der Waals surface area (Å²) in [6.45, 7) is 7.96. The molecular weight excluding hydrogens is 290 g/mol. The first-order valence-corrected chi connectivity index (χ1v) is 7.70. The number of carbonyl (C=O) groups is 2. The molecule has 0 aliphatic carbocycles. The monoisotopic (exact) mass is 319 g/mol. The molecule has 0 aromatic rings. The van der Waals surface area contributed by atoms with Crippen molar-refractivity contribution in [2.45, 2.75) is 52.5 Å². The van der Waals surface area contributed by atoms with Gasteiger partial charge in [0, 0.05) is 38.5 Å². The molecular formula is C15H30ClN3O2. The number of amides is 2. The van der Waals surface area contributed by atoms with Crippen molar-refractivity contribution >= 4 is 24.2 Å². The van der Waals surface area contributed by atoms with E-state index < -0.39 is 0 Å². The summed E-state index contributed by atoms with van der Waals surface area (Å²) in [5.41, 5.74) is 5.76. The average Bonchev–Trinajstić information content (AvgIpc) is 2.37. The Bertz CT molecular complexity index is 337. The first-order valence-electron chi connectivity index (χ1n) is 7.70. The van der Waals surface area contributed by atoms with Crippen molar-refractivity contribution < 1.29 is 9.59 Å². The Labute approximate surface area is 134 Å². The lowest BCUT2D eigenvalue weighted by atomic mass is 9.92. The molecule has 1 aliphatic rings. The van der Waals surface area contributed by atoms with Crippen LogP contribution in [0.15, 0.2) is 0 Å². The summed E-state index contributed by atoms with van der Waals surface area (Å²) in [5.74, 6) is 1.11. The van der Waals surface area contributed by atoms with Gasteiger partial charge in [-0.2, -0.15) is 0 Å². The van der Waals surface area contributed by atoms with E-state index in [-0.39, 0.29) is 30.3 Å². The molecule has 6 heteroatoms. The summed E-state index contributed by atoms with van der Waals surface area (Å²) < 4.78 is 0. The third-order valence-electron chi connectivity index (χ3n) is 3.83. The second-order valence-corrected chi connectivity index (χ2v) is 6.30. The Kier molecular flexibility index (Phi) is 9.62. The molecule has 0 spiro atoms. The van der Waals surface area contributed by atoms with Crippen molar-refractivity contribution in [3.8, 4) is 0 Å². The molecule has 0 radical (unpaired) electrons. The van der Waals surface area contributed by atoms with Gasteiger partial charge >= 0.3 is 0 Å². The number of halogens is 1. The van der Waals surface area contributed by atoms with Crippen LogP contribution < -0.4 is 11.1 Å². The number of carbonyl (C=O) groups excluding carboxylic acids is 2. The Hall–Kier alpha value is -0.810. The maximum Gasteiger partial charge on any atom is 0.224 e. The van der Waals surface area contributed by atoms with Crippen LogP contribution in [-0.4, -0.2) is 42.4 Å². The molecule has 1 saturated heterocycles. The van der Waals surface area contributed by atoms with Crippen molar-refractivity contribution in [1.82, 2.24) is 10.2 Å². The molecule has 21 heavy (non-hydrogen) atoms. The number of piperidine rings is 1. The highest BCUT2D eigenvalue weighted by Gasteiger charge is 2.28. The molecule has 5 nitrogen and oxygen atoms in total. The summed E-state index contributed by atoms with van der Waals surface area (Å²) in [5, 5.41) is 2.81. The molecule has 2 unspecified atom stereocenters. The number of rotatable bonds is 6. The molecule has 1 rings (SSSR count). The fourth-order valence-electron chi connectivity index (χ4n) is 2.70. The minimum absolute atomic E-state index is 0. The zero-order valence-electron chi connectivity index (χ0n) is 13.4. The van der Waals surface area contributed by atoms with Gasteiger partial charge in [0.15, 0.2) is 0 Å². The van der Waals surface area contributed by atoms with E-state index in [1.807, 2.05) is 18.7 Å². The van der Waals surface area contributed by atoms with E-state index in [4.69, 9.17) is 5.73 Å². The molecule has 2 amide bonds. The maximum absolute atomic E-state index is 12.2. The number of nitrogens with one attached hydrogen (secondary N) is 1. The Balaban J connectivity index is 0.00000400. The van der Waals surface area contributed by atoms with Gasteiger partial charge in [-0.25, -0.2) is 0 Å². The molecule has 0 bridgehead atoms. The van der Waals surface area contributed by atoms with Crippen LogP contribution in [0.4, 0.5) is 0 Å². The summed E-state index contributed by atoms with van der Waals surface area (Å²) in [6.07, 6.45) is 2.92. The van der Waals surface area contributed by atoms with Crippen molar-refractivity contribution in [1.29, 1.82) is 0 Å². The molecule has 2 atom stereocenters. The number of hydrogen-bond donors (Lipinski definition) is 2. The van der Waals surface area contributed by atoms with Crippen LogP contribution in [0, 0.1) is 11.8 Å². The highest BCUT2D eigenvalue weighted by molar-refractivity contribution is 5.85. The SMILES string of the molecule is CC(C)CC(=O)NCCC(=O)N1CCC(C)CC1CN.Cl. The van der Waals surface area contributed by atoms with E-state index in [1.54, 1.807) is 0 Å². The van der Waals surface area contributed by atoms with Crippen LogP contribution in [-0.2, 0) is 9.59 Å². The Morgan fingerprint density at radius 1 is 1.38 bits per heavy atom. The summed E-state index contributed by atoms with van der Waals surface area (Å²) in [4.78, 5) is 25.6. The largest absolute Gasteiger partial charge is 0.356 e. The van der Waals surface area contributed by atoms with Gasteiger partial charge in [0.25, 0.3) is 0 Å². The molecule has 3 N–H and O–H groups in total. The van der Waals surface area contributed by atoms with Gasteiger partial charge in [0.05, 0.1) is 0 Å². The fourth-order valence-corrected chi connectivity index (χ4v) is 2.70. The second kappa shape index (κ2) is 10.0. The third-order valence-corrected chi connectivity index (χ3v) is 3.83. The van der Waals surface area contributed by atoms with Gasteiger partial charge in [-0.15, -0.1) is 12.4 Å². The molecule has 1 heterocycles. The van der Waals surface area contributed by atoms with E-state index >= 15 is 0 Å². The van der Waals surface area contributed by atoms with Gasteiger partial charge in [-0.05, 0) is 24.7 Å². The van der Waals surface area contributed by atoms with E-state index in [0.29, 0.717) is 37.8 Å². The highest BCUT2D eigenvalue weighted by Crippen LogP contribution is 2.22. The van der Waals surface area contributed by atoms with E-state index in [2.05, 4.69) is 12.2 Å². The quantitative estimate of drug-likeness (QED) is 0.780. The van der Waals surface area contributed by atoms with E-state index in [0.717, 1.165) is 19.4 Å². The number of nitrogens with two attached hydrogens (primary N) is 1. The smallest absolute Gasteiger partial charge is 0.224 e. The molecule has 0 saturated carbocycles. The van der Waals surface area contributed by atoms with Crippen LogP contribution >= 0.6 is 12.4 Å². The average molecular weight is 320 g/mol. The van der Waals surface area contributed by atoms with Crippen LogP contribution in [0.25, 0.3) is 0 Å². The van der Waals surface area contributed by atoms with Crippen LogP contribution in [0.3, 0.4) is 0 Å². The minimum Gasteiger partial charge on any atom is -0.356 e. The highest BCUT2D eigenvalue weighted by atomic mass is 35.5. The molecule has 0 aromatic heterocycles. The van der Waals surface area contributed by atoms with Crippen molar-refractivity contribution in [3.63, 3.8) is 0 Å². The minimum atomic E-state index is 0. The lowest BCUT2D eigenvalue weighted by Gasteiger charge is -2.38. The van der Waals surface area contributed by atoms with Crippen LogP contribution in [0.5, 0.6) is 0 Å². The van der Waals surface area contributed by atoms with Crippen molar-refractivity contribution in [3.05, 3.63) is 0 Å². The number of hydrogen-bond acceptors (Lipinski definition) is 3. The normalized spacial score (nSPS) is 21.9. The van der Waals surface area contributed by atoms with Gasteiger partial charge in [-0.3, -0.25) is 9.59 Å². The topological polar surface area (TPSA) is 75.4 Å². The molecule has 1 fully saturated rings. The molecule has 1 aliphatic heterocycles. The van der Waals surface area contributed by atoms with Crippen molar-refractivity contribution in [2.75, 3.05) is 19.6 Å². The summed E-state index contributed by atoms with van der Waals surface area (Å²) in [7, 11) is 0.